The first kappa shape index (κ1) is 17.7. The Kier molecular flexibility index (Phi) is 4.19. The zero-order chi connectivity index (χ0) is 20.0. The molecule has 0 spiro atoms. The molecule has 5 rings (SSSR count). The largest absolute Gasteiger partial charge is 0.496 e. The average molecular weight is 385 g/mol. The van der Waals surface area contributed by atoms with Gasteiger partial charge in [0.1, 0.15) is 17.9 Å². The maximum atomic E-state index is 5.54. The van der Waals surface area contributed by atoms with Gasteiger partial charge >= 0.3 is 0 Å². The van der Waals surface area contributed by atoms with Crippen LogP contribution in [0.2, 0.25) is 0 Å². The van der Waals surface area contributed by atoms with Crippen molar-refractivity contribution in [2.75, 3.05) is 18.6 Å². The normalized spacial score (nSPS) is 13.6. The summed E-state index contributed by atoms with van der Waals surface area (Å²) in [4.78, 5) is 11.4. The summed E-state index contributed by atoms with van der Waals surface area (Å²) in [6.45, 7) is 5.79. The van der Waals surface area contributed by atoms with Gasteiger partial charge in [0.2, 0.25) is 0 Å². The molecule has 4 aromatic rings. The van der Waals surface area contributed by atoms with Crippen LogP contribution >= 0.6 is 0 Å². The molecule has 146 valence electrons. The summed E-state index contributed by atoms with van der Waals surface area (Å²) < 4.78 is 7.60. The highest BCUT2D eigenvalue weighted by molar-refractivity contribution is 5.91. The van der Waals surface area contributed by atoms with Gasteiger partial charge in [0.15, 0.2) is 0 Å². The molecule has 0 bridgehead atoms. The first-order valence-electron chi connectivity index (χ1n) is 9.81. The van der Waals surface area contributed by atoms with Crippen LogP contribution in [0.4, 0.5) is 5.82 Å². The second-order valence-electron chi connectivity index (χ2n) is 7.58. The first-order valence-corrected chi connectivity index (χ1v) is 9.81. The van der Waals surface area contributed by atoms with Crippen LogP contribution in [-0.2, 0) is 13.0 Å². The standard InChI is InChI=1S/C23H23N5O/c1-15-5-4-6-18(9-15)28-21-13-27(8-7-17(21)12-26-28)23-19-11-22(29-3)16(2)10-20(19)24-14-25-23/h4-6,9-12,14H,7-8,13H2,1-3H3. The number of anilines is 1. The number of hydrogen-bond acceptors (Lipinski definition) is 5. The van der Waals surface area contributed by atoms with Gasteiger partial charge in [0.25, 0.3) is 0 Å². The van der Waals surface area contributed by atoms with Crippen molar-refractivity contribution in [2.24, 2.45) is 0 Å². The molecule has 0 fully saturated rings. The number of aromatic nitrogens is 4. The summed E-state index contributed by atoms with van der Waals surface area (Å²) in [6, 6.07) is 12.6. The minimum atomic E-state index is 0.756. The molecule has 3 heterocycles. The molecule has 6 nitrogen and oxygen atoms in total. The number of methoxy groups -OCH3 is 1. The van der Waals surface area contributed by atoms with Crippen LogP contribution in [0.25, 0.3) is 16.6 Å². The van der Waals surface area contributed by atoms with Crippen LogP contribution in [0.1, 0.15) is 22.4 Å². The predicted molar refractivity (Wildman–Crippen MR) is 114 cm³/mol. The molecule has 0 saturated carbocycles. The number of ether oxygens (including phenoxy) is 1. The van der Waals surface area contributed by atoms with E-state index >= 15 is 0 Å². The molecule has 2 aromatic carbocycles. The average Bonchev–Trinajstić information content (AvgIpc) is 3.16. The van der Waals surface area contributed by atoms with Crippen molar-refractivity contribution in [1.29, 1.82) is 0 Å². The van der Waals surface area contributed by atoms with Crippen LogP contribution in [0.15, 0.2) is 48.9 Å². The van der Waals surface area contributed by atoms with Gasteiger partial charge in [0, 0.05) is 11.9 Å². The van der Waals surface area contributed by atoms with Gasteiger partial charge in [-0.25, -0.2) is 14.6 Å². The molecule has 0 saturated heterocycles. The van der Waals surface area contributed by atoms with Gasteiger partial charge in [-0.1, -0.05) is 12.1 Å². The van der Waals surface area contributed by atoms with Gasteiger partial charge < -0.3 is 9.64 Å². The summed E-state index contributed by atoms with van der Waals surface area (Å²) in [5.74, 6) is 1.80. The second-order valence-corrected chi connectivity index (χ2v) is 7.58. The van der Waals surface area contributed by atoms with Gasteiger partial charge in [0.05, 0.1) is 36.7 Å². The lowest BCUT2D eigenvalue weighted by Gasteiger charge is -2.29. The summed E-state index contributed by atoms with van der Waals surface area (Å²) in [5.41, 5.74) is 6.85. The lowest BCUT2D eigenvalue weighted by atomic mass is 10.1. The smallest absolute Gasteiger partial charge is 0.140 e. The van der Waals surface area contributed by atoms with Crippen LogP contribution in [0, 0.1) is 13.8 Å². The second kappa shape index (κ2) is 6.88. The molecular formula is C23H23N5O. The maximum absolute atomic E-state index is 5.54. The Morgan fingerprint density at radius 2 is 1.97 bits per heavy atom. The molecule has 0 aliphatic carbocycles. The molecule has 0 atom stereocenters. The highest BCUT2D eigenvalue weighted by atomic mass is 16.5. The monoisotopic (exact) mass is 385 g/mol. The maximum Gasteiger partial charge on any atom is 0.140 e. The van der Waals surface area contributed by atoms with E-state index in [2.05, 4.69) is 61.9 Å². The number of rotatable bonds is 3. The first-order chi connectivity index (χ1) is 14.1. The van der Waals surface area contributed by atoms with Crippen molar-refractivity contribution < 1.29 is 4.74 Å². The van der Waals surface area contributed by atoms with E-state index in [1.165, 1.54) is 16.8 Å². The fraction of sp³-hybridized carbons (Fsp3) is 0.261. The number of hydrogen-bond donors (Lipinski definition) is 0. The molecule has 6 heteroatoms. The molecule has 2 aromatic heterocycles. The van der Waals surface area contributed by atoms with Crippen LogP contribution in [0.3, 0.4) is 0 Å². The molecule has 0 N–H and O–H groups in total. The molecular weight excluding hydrogens is 362 g/mol. The van der Waals surface area contributed by atoms with Gasteiger partial charge in [-0.15, -0.1) is 0 Å². The fourth-order valence-corrected chi connectivity index (χ4v) is 4.11. The van der Waals surface area contributed by atoms with Crippen LogP contribution < -0.4 is 9.64 Å². The highest BCUT2D eigenvalue weighted by Gasteiger charge is 2.24. The number of fused-ring (bicyclic) bond motifs is 2. The molecule has 0 radical (unpaired) electrons. The molecule has 0 unspecified atom stereocenters. The lowest BCUT2D eigenvalue weighted by Crippen LogP contribution is -2.32. The summed E-state index contributed by atoms with van der Waals surface area (Å²) >= 11 is 0. The summed E-state index contributed by atoms with van der Waals surface area (Å²) in [6.07, 6.45) is 4.59. The third kappa shape index (κ3) is 3.01. The van der Waals surface area contributed by atoms with Gasteiger partial charge in [-0.05, 0) is 61.2 Å². The summed E-state index contributed by atoms with van der Waals surface area (Å²) in [7, 11) is 1.70. The van der Waals surface area contributed by atoms with Gasteiger partial charge in [-0.2, -0.15) is 5.10 Å². The van der Waals surface area contributed by atoms with E-state index in [0.717, 1.165) is 53.2 Å². The minimum Gasteiger partial charge on any atom is -0.496 e. The molecule has 29 heavy (non-hydrogen) atoms. The number of benzene rings is 2. The van der Waals surface area contributed by atoms with E-state index in [4.69, 9.17) is 4.74 Å². The lowest BCUT2D eigenvalue weighted by molar-refractivity contribution is 0.412. The van der Waals surface area contributed by atoms with Crippen molar-refractivity contribution in [3.05, 3.63) is 71.3 Å². The molecule has 0 amide bonds. The number of aryl methyl sites for hydroxylation is 2. The van der Waals surface area contributed by atoms with Crippen molar-refractivity contribution in [3.8, 4) is 11.4 Å². The Labute approximate surface area is 169 Å². The van der Waals surface area contributed by atoms with E-state index < -0.39 is 0 Å². The van der Waals surface area contributed by atoms with E-state index in [-0.39, 0.29) is 0 Å². The zero-order valence-electron chi connectivity index (χ0n) is 16.9. The third-order valence-electron chi connectivity index (χ3n) is 5.62. The van der Waals surface area contributed by atoms with Crippen molar-refractivity contribution in [1.82, 2.24) is 19.7 Å². The van der Waals surface area contributed by atoms with E-state index in [1.807, 2.05) is 19.2 Å². The fourth-order valence-electron chi connectivity index (χ4n) is 4.11. The van der Waals surface area contributed by atoms with E-state index in [0.29, 0.717) is 0 Å². The quantitative estimate of drug-likeness (QED) is 0.533. The minimum absolute atomic E-state index is 0.756. The Bertz CT molecular complexity index is 1210. The Hall–Kier alpha value is -3.41. The van der Waals surface area contributed by atoms with Crippen molar-refractivity contribution in [2.45, 2.75) is 26.8 Å². The zero-order valence-corrected chi connectivity index (χ0v) is 16.9. The van der Waals surface area contributed by atoms with Crippen LogP contribution in [-0.4, -0.2) is 33.4 Å². The number of nitrogens with zero attached hydrogens (tertiary/aromatic N) is 5. The Morgan fingerprint density at radius 1 is 1.07 bits per heavy atom. The molecule has 1 aliphatic heterocycles. The summed E-state index contributed by atoms with van der Waals surface area (Å²) in [5, 5.41) is 5.69. The van der Waals surface area contributed by atoms with Crippen LogP contribution in [0.5, 0.6) is 5.75 Å². The molecule has 1 aliphatic rings. The Morgan fingerprint density at radius 3 is 2.79 bits per heavy atom. The predicted octanol–water partition coefficient (Wildman–Crippen LogP) is 4.00. The topological polar surface area (TPSA) is 56.1 Å². The third-order valence-corrected chi connectivity index (χ3v) is 5.62. The SMILES string of the molecule is COc1cc2c(N3CCc4cnn(-c5cccc(C)c5)c4C3)ncnc2cc1C. The van der Waals surface area contributed by atoms with E-state index in [1.54, 1.807) is 13.4 Å². The van der Waals surface area contributed by atoms with Crippen molar-refractivity contribution in [3.63, 3.8) is 0 Å². The van der Waals surface area contributed by atoms with Gasteiger partial charge in [-0.3, -0.25) is 0 Å². The Balaban J connectivity index is 1.57. The van der Waals surface area contributed by atoms with Crippen molar-refractivity contribution >= 4 is 16.7 Å². The van der Waals surface area contributed by atoms with E-state index in [9.17, 15) is 0 Å². The highest BCUT2D eigenvalue weighted by Crippen LogP contribution is 2.32.